The van der Waals surface area contributed by atoms with E-state index in [-0.39, 0.29) is 6.10 Å². The lowest BCUT2D eigenvalue weighted by atomic mass is 9.85. The second kappa shape index (κ2) is 5.15. The summed E-state index contributed by atoms with van der Waals surface area (Å²) in [6.45, 7) is 2.57. The standard InChI is InChI=1S/C13H16Cl2O2/c1-9-7-13(16,5-6-17-9)8-10-3-2-4-11(14)12(10)15/h2-4,9,16H,5-8H2,1H3. The lowest BCUT2D eigenvalue weighted by molar-refractivity contribution is -0.0961. The Morgan fingerprint density at radius 2 is 2.24 bits per heavy atom. The first-order valence-corrected chi connectivity index (χ1v) is 6.53. The molecule has 17 heavy (non-hydrogen) atoms. The van der Waals surface area contributed by atoms with Crippen LogP contribution in [0.5, 0.6) is 0 Å². The first-order chi connectivity index (χ1) is 8.00. The largest absolute Gasteiger partial charge is 0.389 e. The van der Waals surface area contributed by atoms with Crippen molar-refractivity contribution in [2.45, 2.75) is 37.9 Å². The quantitative estimate of drug-likeness (QED) is 0.895. The Labute approximate surface area is 111 Å². The monoisotopic (exact) mass is 274 g/mol. The maximum Gasteiger partial charge on any atom is 0.0735 e. The Hall–Kier alpha value is -0.280. The van der Waals surface area contributed by atoms with Crippen molar-refractivity contribution in [3.05, 3.63) is 33.8 Å². The Bertz CT molecular complexity index is 408. The van der Waals surface area contributed by atoms with Gasteiger partial charge in [-0.25, -0.2) is 0 Å². The minimum Gasteiger partial charge on any atom is -0.389 e. The van der Waals surface area contributed by atoms with Crippen molar-refractivity contribution >= 4 is 23.2 Å². The van der Waals surface area contributed by atoms with Crippen LogP contribution in [0.15, 0.2) is 18.2 Å². The average molecular weight is 275 g/mol. The molecule has 4 heteroatoms. The minimum atomic E-state index is -0.730. The summed E-state index contributed by atoms with van der Waals surface area (Å²) in [6.07, 6.45) is 1.89. The van der Waals surface area contributed by atoms with Crippen LogP contribution in [-0.4, -0.2) is 23.4 Å². The molecule has 1 saturated heterocycles. The molecule has 2 rings (SSSR count). The highest BCUT2D eigenvalue weighted by atomic mass is 35.5. The SMILES string of the molecule is CC1CC(O)(Cc2cccc(Cl)c2Cl)CCO1. The van der Waals surface area contributed by atoms with Crippen molar-refractivity contribution in [1.29, 1.82) is 0 Å². The highest BCUT2D eigenvalue weighted by Crippen LogP contribution is 2.33. The molecule has 94 valence electrons. The normalized spacial score (nSPS) is 29.3. The molecular formula is C13H16Cl2O2. The first kappa shape index (κ1) is 13.2. The maximum absolute atomic E-state index is 10.5. The highest BCUT2D eigenvalue weighted by molar-refractivity contribution is 6.42. The molecule has 2 unspecified atom stereocenters. The van der Waals surface area contributed by atoms with Crippen LogP contribution in [0, 0.1) is 0 Å². The summed E-state index contributed by atoms with van der Waals surface area (Å²) < 4.78 is 5.45. The van der Waals surface area contributed by atoms with Gasteiger partial charge in [0.2, 0.25) is 0 Å². The van der Waals surface area contributed by atoms with Crippen LogP contribution < -0.4 is 0 Å². The van der Waals surface area contributed by atoms with Crippen LogP contribution in [-0.2, 0) is 11.2 Å². The van der Waals surface area contributed by atoms with Gasteiger partial charge < -0.3 is 9.84 Å². The second-order valence-electron chi connectivity index (χ2n) is 4.75. The molecule has 0 bridgehead atoms. The first-order valence-electron chi connectivity index (χ1n) is 5.77. The van der Waals surface area contributed by atoms with Crippen LogP contribution in [0.25, 0.3) is 0 Å². The van der Waals surface area contributed by atoms with Gasteiger partial charge in [0.05, 0.1) is 21.8 Å². The van der Waals surface area contributed by atoms with Crippen LogP contribution in [0.3, 0.4) is 0 Å². The molecule has 0 radical (unpaired) electrons. The van der Waals surface area contributed by atoms with Crippen molar-refractivity contribution in [1.82, 2.24) is 0 Å². The molecule has 0 amide bonds. The molecule has 1 aliphatic heterocycles. The summed E-state index contributed by atoms with van der Waals surface area (Å²) in [5.74, 6) is 0. The number of hydrogen-bond acceptors (Lipinski definition) is 2. The van der Waals surface area contributed by atoms with Gasteiger partial charge in [-0.05, 0) is 25.0 Å². The number of rotatable bonds is 2. The molecule has 1 aromatic rings. The van der Waals surface area contributed by atoms with Gasteiger partial charge in [0.15, 0.2) is 0 Å². The Morgan fingerprint density at radius 3 is 2.94 bits per heavy atom. The zero-order chi connectivity index (χ0) is 12.5. The summed E-state index contributed by atoms with van der Waals surface area (Å²) in [4.78, 5) is 0. The van der Waals surface area contributed by atoms with Gasteiger partial charge in [0, 0.05) is 19.4 Å². The third kappa shape index (κ3) is 3.14. The van der Waals surface area contributed by atoms with Gasteiger partial charge in [0.25, 0.3) is 0 Å². The zero-order valence-corrected chi connectivity index (χ0v) is 11.3. The summed E-state index contributed by atoms with van der Waals surface area (Å²) in [6, 6.07) is 5.52. The third-order valence-electron chi connectivity index (χ3n) is 3.19. The third-order valence-corrected chi connectivity index (χ3v) is 4.05. The van der Waals surface area contributed by atoms with Crippen molar-refractivity contribution < 1.29 is 9.84 Å². The van der Waals surface area contributed by atoms with E-state index < -0.39 is 5.60 Å². The summed E-state index contributed by atoms with van der Waals surface area (Å²) in [5, 5.41) is 11.6. The maximum atomic E-state index is 10.5. The molecule has 1 aliphatic rings. The van der Waals surface area contributed by atoms with Crippen molar-refractivity contribution in [2.24, 2.45) is 0 Å². The molecule has 1 N–H and O–H groups in total. The number of hydrogen-bond donors (Lipinski definition) is 1. The molecule has 0 aromatic heterocycles. The Balaban J connectivity index is 2.17. The van der Waals surface area contributed by atoms with E-state index in [1.807, 2.05) is 19.1 Å². The number of ether oxygens (including phenoxy) is 1. The van der Waals surface area contributed by atoms with Gasteiger partial charge >= 0.3 is 0 Å². The molecule has 2 nitrogen and oxygen atoms in total. The van der Waals surface area contributed by atoms with Crippen molar-refractivity contribution in [3.63, 3.8) is 0 Å². The van der Waals surface area contributed by atoms with E-state index in [1.54, 1.807) is 6.07 Å². The second-order valence-corrected chi connectivity index (χ2v) is 5.53. The van der Waals surface area contributed by atoms with Crippen LogP contribution in [0.4, 0.5) is 0 Å². The molecular weight excluding hydrogens is 259 g/mol. The van der Waals surface area contributed by atoms with Gasteiger partial charge in [-0.1, -0.05) is 35.3 Å². The predicted molar refractivity (Wildman–Crippen MR) is 69.8 cm³/mol. The number of aliphatic hydroxyl groups is 1. The molecule has 1 heterocycles. The topological polar surface area (TPSA) is 29.5 Å². The lowest BCUT2D eigenvalue weighted by Gasteiger charge is -2.36. The fraction of sp³-hybridized carbons (Fsp3) is 0.538. The van der Waals surface area contributed by atoms with Crippen LogP contribution in [0.2, 0.25) is 10.0 Å². The van der Waals surface area contributed by atoms with Crippen molar-refractivity contribution in [3.8, 4) is 0 Å². The molecule has 0 saturated carbocycles. The van der Waals surface area contributed by atoms with E-state index in [1.165, 1.54) is 0 Å². The predicted octanol–water partition coefficient (Wildman–Crippen LogP) is 3.47. The minimum absolute atomic E-state index is 0.0895. The average Bonchev–Trinajstić information content (AvgIpc) is 2.24. The van der Waals surface area contributed by atoms with Crippen LogP contribution >= 0.6 is 23.2 Å². The fourth-order valence-corrected chi connectivity index (χ4v) is 2.73. The molecule has 1 fully saturated rings. The molecule has 0 aliphatic carbocycles. The van der Waals surface area contributed by atoms with Gasteiger partial charge in [-0.3, -0.25) is 0 Å². The summed E-state index contributed by atoms with van der Waals surface area (Å²) in [5.41, 5.74) is 0.169. The summed E-state index contributed by atoms with van der Waals surface area (Å²) in [7, 11) is 0. The zero-order valence-electron chi connectivity index (χ0n) is 9.75. The van der Waals surface area contributed by atoms with E-state index in [4.69, 9.17) is 27.9 Å². The fourth-order valence-electron chi connectivity index (χ4n) is 2.35. The van der Waals surface area contributed by atoms with E-state index in [0.29, 0.717) is 35.9 Å². The Kier molecular flexibility index (Phi) is 3.99. The van der Waals surface area contributed by atoms with E-state index in [0.717, 1.165) is 5.56 Å². The summed E-state index contributed by atoms with van der Waals surface area (Å²) >= 11 is 12.1. The lowest BCUT2D eigenvalue weighted by Crippen LogP contribution is -2.41. The van der Waals surface area contributed by atoms with Crippen LogP contribution in [0.1, 0.15) is 25.3 Å². The molecule has 0 spiro atoms. The van der Waals surface area contributed by atoms with E-state index >= 15 is 0 Å². The van der Waals surface area contributed by atoms with Gasteiger partial charge in [-0.15, -0.1) is 0 Å². The number of benzene rings is 1. The molecule has 2 atom stereocenters. The van der Waals surface area contributed by atoms with E-state index in [2.05, 4.69) is 0 Å². The smallest absolute Gasteiger partial charge is 0.0735 e. The van der Waals surface area contributed by atoms with Gasteiger partial charge in [0.1, 0.15) is 0 Å². The molecule has 1 aromatic carbocycles. The highest BCUT2D eigenvalue weighted by Gasteiger charge is 2.34. The van der Waals surface area contributed by atoms with Gasteiger partial charge in [-0.2, -0.15) is 0 Å². The van der Waals surface area contributed by atoms with Crippen molar-refractivity contribution in [2.75, 3.05) is 6.61 Å². The Morgan fingerprint density at radius 1 is 1.47 bits per heavy atom. The van der Waals surface area contributed by atoms with E-state index in [9.17, 15) is 5.11 Å². The number of halogens is 2.